The number of halogens is 3. The molecule has 18 heavy (non-hydrogen) atoms. The van der Waals surface area contributed by atoms with Gasteiger partial charge in [0.1, 0.15) is 0 Å². The number of rotatable bonds is 1. The third-order valence-electron chi connectivity index (χ3n) is 3.05. The SMILES string of the molecule is NC1CCC(=O)NC1c1ccccc1C(F)(F)F. The van der Waals surface area contributed by atoms with Crippen LogP contribution in [-0.4, -0.2) is 11.9 Å². The Hall–Kier alpha value is -1.56. The van der Waals surface area contributed by atoms with Gasteiger partial charge in [0.2, 0.25) is 5.91 Å². The van der Waals surface area contributed by atoms with Crippen LogP contribution in [0.15, 0.2) is 24.3 Å². The zero-order valence-corrected chi connectivity index (χ0v) is 9.50. The van der Waals surface area contributed by atoms with Crippen molar-refractivity contribution in [1.29, 1.82) is 0 Å². The van der Waals surface area contributed by atoms with Gasteiger partial charge in [-0.1, -0.05) is 18.2 Å². The number of hydrogen-bond acceptors (Lipinski definition) is 2. The van der Waals surface area contributed by atoms with Crippen LogP contribution in [0.25, 0.3) is 0 Å². The van der Waals surface area contributed by atoms with E-state index in [1.54, 1.807) is 0 Å². The first-order chi connectivity index (χ1) is 8.39. The Morgan fingerprint density at radius 3 is 2.61 bits per heavy atom. The summed E-state index contributed by atoms with van der Waals surface area (Å²) in [5, 5.41) is 2.53. The molecule has 2 atom stereocenters. The molecule has 0 aromatic heterocycles. The summed E-state index contributed by atoms with van der Waals surface area (Å²) in [5.41, 5.74) is 5.09. The highest BCUT2D eigenvalue weighted by atomic mass is 19.4. The lowest BCUT2D eigenvalue weighted by atomic mass is 9.89. The van der Waals surface area contributed by atoms with Crippen LogP contribution in [0.1, 0.15) is 30.0 Å². The van der Waals surface area contributed by atoms with E-state index in [9.17, 15) is 18.0 Å². The summed E-state index contributed by atoms with van der Waals surface area (Å²) in [6, 6.07) is 3.93. The number of carbonyl (C=O) groups excluding carboxylic acids is 1. The fourth-order valence-corrected chi connectivity index (χ4v) is 2.15. The Balaban J connectivity index is 2.41. The number of hydrogen-bond donors (Lipinski definition) is 2. The Morgan fingerprint density at radius 1 is 1.28 bits per heavy atom. The smallest absolute Gasteiger partial charge is 0.348 e. The van der Waals surface area contributed by atoms with E-state index >= 15 is 0 Å². The molecule has 1 aliphatic heterocycles. The van der Waals surface area contributed by atoms with Gasteiger partial charge < -0.3 is 11.1 Å². The lowest BCUT2D eigenvalue weighted by molar-refractivity contribution is -0.139. The van der Waals surface area contributed by atoms with Gasteiger partial charge >= 0.3 is 6.18 Å². The topological polar surface area (TPSA) is 55.1 Å². The van der Waals surface area contributed by atoms with E-state index in [4.69, 9.17) is 5.73 Å². The molecule has 2 rings (SSSR count). The van der Waals surface area contributed by atoms with Gasteiger partial charge in [0.25, 0.3) is 0 Å². The van der Waals surface area contributed by atoms with Gasteiger partial charge in [-0.15, -0.1) is 0 Å². The maximum Gasteiger partial charge on any atom is 0.416 e. The number of nitrogens with one attached hydrogen (secondary N) is 1. The average molecular weight is 258 g/mol. The number of nitrogens with two attached hydrogens (primary N) is 1. The Morgan fingerprint density at radius 2 is 1.94 bits per heavy atom. The fourth-order valence-electron chi connectivity index (χ4n) is 2.15. The summed E-state index contributed by atoms with van der Waals surface area (Å²) in [7, 11) is 0. The number of amides is 1. The van der Waals surface area contributed by atoms with Crippen molar-refractivity contribution in [3.8, 4) is 0 Å². The molecule has 0 spiro atoms. The molecule has 1 saturated heterocycles. The summed E-state index contributed by atoms with van der Waals surface area (Å²) < 4.78 is 38.6. The van der Waals surface area contributed by atoms with Crippen molar-refractivity contribution in [3.05, 3.63) is 35.4 Å². The molecular weight excluding hydrogens is 245 g/mol. The molecule has 0 aliphatic carbocycles. The Kier molecular flexibility index (Phi) is 3.30. The molecule has 1 heterocycles. The van der Waals surface area contributed by atoms with Gasteiger partial charge in [-0.05, 0) is 18.1 Å². The first kappa shape index (κ1) is 12.9. The summed E-state index contributed by atoms with van der Waals surface area (Å²) in [4.78, 5) is 11.3. The molecule has 3 nitrogen and oxygen atoms in total. The van der Waals surface area contributed by atoms with Crippen LogP contribution in [0.4, 0.5) is 13.2 Å². The second-order valence-electron chi connectivity index (χ2n) is 4.33. The summed E-state index contributed by atoms with van der Waals surface area (Å²) in [5.74, 6) is -0.265. The van der Waals surface area contributed by atoms with Crippen LogP contribution in [0.3, 0.4) is 0 Å². The van der Waals surface area contributed by atoms with Gasteiger partial charge in [0, 0.05) is 12.5 Å². The molecule has 1 aliphatic rings. The van der Waals surface area contributed by atoms with Crippen LogP contribution in [-0.2, 0) is 11.0 Å². The van der Waals surface area contributed by atoms with Crippen LogP contribution < -0.4 is 11.1 Å². The molecule has 1 aromatic rings. The van der Waals surface area contributed by atoms with Crippen LogP contribution >= 0.6 is 0 Å². The minimum absolute atomic E-state index is 0.0329. The third kappa shape index (κ3) is 2.48. The molecule has 1 amide bonds. The van der Waals surface area contributed by atoms with Crippen LogP contribution in [0.2, 0.25) is 0 Å². The molecule has 1 fully saturated rings. The minimum atomic E-state index is -4.45. The highest BCUT2D eigenvalue weighted by molar-refractivity contribution is 5.77. The second-order valence-corrected chi connectivity index (χ2v) is 4.33. The lowest BCUT2D eigenvalue weighted by Crippen LogP contribution is -2.46. The second kappa shape index (κ2) is 4.61. The fraction of sp³-hybridized carbons (Fsp3) is 0.417. The maximum atomic E-state index is 12.9. The van der Waals surface area contributed by atoms with Gasteiger partial charge in [-0.2, -0.15) is 13.2 Å². The minimum Gasteiger partial charge on any atom is -0.348 e. The normalized spacial score (nSPS) is 24.8. The average Bonchev–Trinajstić information content (AvgIpc) is 2.31. The molecule has 0 bridgehead atoms. The van der Waals surface area contributed by atoms with E-state index in [1.165, 1.54) is 18.2 Å². The predicted molar refractivity (Wildman–Crippen MR) is 59.5 cm³/mol. The first-order valence-corrected chi connectivity index (χ1v) is 5.60. The maximum absolute atomic E-state index is 12.9. The molecule has 3 N–H and O–H groups in total. The van der Waals surface area contributed by atoms with Crippen LogP contribution in [0.5, 0.6) is 0 Å². The van der Waals surface area contributed by atoms with E-state index in [0.717, 1.165) is 6.07 Å². The summed E-state index contributed by atoms with van der Waals surface area (Å²) in [6.07, 6.45) is -3.80. The van der Waals surface area contributed by atoms with E-state index in [1.807, 2.05) is 0 Å². The molecule has 98 valence electrons. The van der Waals surface area contributed by atoms with Crippen molar-refractivity contribution in [1.82, 2.24) is 5.32 Å². The van der Waals surface area contributed by atoms with Gasteiger partial charge in [0.05, 0.1) is 11.6 Å². The number of carbonyl (C=O) groups is 1. The number of benzene rings is 1. The van der Waals surface area contributed by atoms with Crippen LogP contribution in [0, 0.1) is 0 Å². The van der Waals surface area contributed by atoms with Gasteiger partial charge in [-0.25, -0.2) is 0 Å². The monoisotopic (exact) mass is 258 g/mol. The van der Waals surface area contributed by atoms with Crippen molar-refractivity contribution < 1.29 is 18.0 Å². The van der Waals surface area contributed by atoms with E-state index in [0.29, 0.717) is 6.42 Å². The highest BCUT2D eigenvalue weighted by Gasteiger charge is 2.37. The van der Waals surface area contributed by atoms with Crippen molar-refractivity contribution in [3.63, 3.8) is 0 Å². The van der Waals surface area contributed by atoms with E-state index in [2.05, 4.69) is 5.32 Å². The largest absolute Gasteiger partial charge is 0.416 e. The van der Waals surface area contributed by atoms with E-state index < -0.39 is 23.8 Å². The van der Waals surface area contributed by atoms with Crippen molar-refractivity contribution >= 4 is 5.91 Å². The van der Waals surface area contributed by atoms with E-state index in [-0.39, 0.29) is 17.9 Å². The third-order valence-corrected chi connectivity index (χ3v) is 3.05. The molecule has 1 aromatic carbocycles. The first-order valence-electron chi connectivity index (χ1n) is 5.60. The Bertz CT molecular complexity index is 459. The summed E-state index contributed by atoms with van der Waals surface area (Å²) in [6.45, 7) is 0. The zero-order valence-electron chi connectivity index (χ0n) is 9.50. The molecule has 0 saturated carbocycles. The quantitative estimate of drug-likeness (QED) is 0.809. The zero-order chi connectivity index (χ0) is 13.3. The predicted octanol–water partition coefficient (Wildman–Crippen LogP) is 1.98. The molecule has 2 unspecified atom stereocenters. The molecular formula is C12H13F3N2O. The van der Waals surface area contributed by atoms with Crippen molar-refractivity contribution in [2.24, 2.45) is 5.73 Å². The molecule has 6 heteroatoms. The van der Waals surface area contributed by atoms with Crippen molar-refractivity contribution in [2.75, 3.05) is 0 Å². The lowest BCUT2D eigenvalue weighted by Gasteiger charge is -2.31. The number of piperidine rings is 1. The van der Waals surface area contributed by atoms with Crippen molar-refractivity contribution in [2.45, 2.75) is 31.1 Å². The van der Waals surface area contributed by atoms with Gasteiger partial charge in [0.15, 0.2) is 0 Å². The Labute approximate surface area is 102 Å². The number of alkyl halides is 3. The molecule has 0 radical (unpaired) electrons. The standard InChI is InChI=1S/C12H13F3N2O/c13-12(14,15)8-4-2-1-3-7(8)11-9(16)5-6-10(18)17-11/h1-4,9,11H,5-6,16H2,(H,17,18). The highest BCUT2D eigenvalue weighted by Crippen LogP contribution is 2.36. The van der Waals surface area contributed by atoms with Gasteiger partial charge in [-0.3, -0.25) is 4.79 Å². The summed E-state index contributed by atoms with van der Waals surface area (Å²) >= 11 is 0.